The molecule has 1 aliphatic carbocycles. The predicted molar refractivity (Wildman–Crippen MR) is 69.2 cm³/mol. The van der Waals surface area contributed by atoms with E-state index in [1.165, 1.54) is 12.8 Å². The van der Waals surface area contributed by atoms with Gasteiger partial charge in [-0.15, -0.1) is 0 Å². The van der Waals surface area contributed by atoms with Gasteiger partial charge in [-0.1, -0.05) is 40.0 Å². The summed E-state index contributed by atoms with van der Waals surface area (Å²) in [7, 11) is 0. The zero-order valence-electron chi connectivity index (χ0n) is 11.2. The highest BCUT2D eigenvalue weighted by molar-refractivity contribution is 4.93. The summed E-state index contributed by atoms with van der Waals surface area (Å²) in [6.45, 7) is 7.29. The molecule has 0 saturated heterocycles. The number of rotatable bonds is 5. The summed E-state index contributed by atoms with van der Waals surface area (Å²) in [5.41, 5.74) is 5.98. The molecule has 4 unspecified atom stereocenters. The summed E-state index contributed by atoms with van der Waals surface area (Å²) in [5.74, 6) is 1.11. The van der Waals surface area contributed by atoms with E-state index in [2.05, 4.69) is 20.8 Å². The number of nitrogens with two attached hydrogens (primary N) is 1. The van der Waals surface area contributed by atoms with Crippen LogP contribution in [0.25, 0.3) is 0 Å². The maximum absolute atomic E-state index is 10.6. The van der Waals surface area contributed by atoms with E-state index >= 15 is 0 Å². The molecule has 0 spiro atoms. The van der Waals surface area contributed by atoms with Gasteiger partial charge >= 0.3 is 0 Å². The summed E-state index contributed by atoms with van der Waals surface area (Å²) < 4.78 is 0. The van der Waals surface area contributed by atoms with Gasteiger partial charge in [0.2, 0.25) is 0 Å². The molecular weight excluding hydrogens is 198 g/mol. The molecule has 0 heterocycles. The molecule has 2 heteroatoms. The van der Waals surface area contributed by atoms with E-state index in [1.807, 2.05) is 0 Å². The van der Waals surface area contributed by atoms with Crippen LogP contribution in [0.4, 0.5) is 0 Å². The molecule has 0 aromatic rings. The fraction of sp³-hybridized carbons (Fsp3) is 1.00. The normalized spacial score (nSPS) is 34.7. The average molecular weight is 227 g/mol. The molecule has 1 saturated carbocycles. The SMILES string of the molecule is CCCC(C)C(O)C1(CN)CCCC(C)C1. The van der Waals surface area contributed by atoms with Gasteiger partial charge in [-0.05, 0) is 31.1 Å². The molecule has 1 fully saturated rings. The lowest BCUT2D eigenvalue weighted by Crippen LogP contribution is -2.47. The second-order valence-corrected chi connectivity index (χ2v) is 5.98. The van der Waals surface area contributed by atoms with Crippen molar-refractivity contribution in [2.45, 2.75) is 65.4 Å². The third kappa shape index (κ3) is 2.98. The average Bonchev–Trinajstić information content (AvgIpc) is 2.28. The standard InChI is InChI=1S/C14H29NO/c1-4-6-12(3)13(16)14(10-15)8-5-7-11(2)9-14/h11-13,16H,4-10,15H2,1-3H3. The van der Waals surface area contributed by atoms with Gasteiger partial charge in [0.15, 0.2) is 0 Å². The predicted octanol–water partition coefficient (Wildman–Crippen LogP) is 2.94. The molecule has 96 valence electrons. The van der Waals surface area contributed by atoms with Crippen molar-refractivity contribution in [2.24, 2.45) is 23.0 Å². The van der Waals surface area contributed by atoms with E-state index in [-0.39, 0.29) is 11.5 Å². The first-order valence-corrected chi connectivity index (χ1v) is 6.94. The lowest BCUT2D eigenvalue weighted by atomic mass is 9.64. The van der Waals surface area contributed by atoms with Crippen molar-refractivity contribution in [2.75, 3.05) is 6.54 Å². The zero-order chi connectivity index (χ0) is 12.2. The molecule has 3 N–H and O–H groups in total. The van der Waals surface area contributed by atoms with Gasteiger partial charge in [0.1, 0.15) is 0 Å². The molecule has 4 atom stereocenters. The van der Waals surface area contributed by atoms with Crippen LogP contribution in [0.1, 0.15) is 59.3 Å². The fourth-order valence-electron chi connectivity index (χ4n) is 3.49. The van der Waals surface area contributed by atoms with E-state index in [9.17, 15) is 5.11 Å². The molecule has 1 aliphatic rings. The Morgan fingerprint density at radius 3 is 2.69 bits per heavy atom. The highest BCUT2D eigenvalue weighted by Crippen LogP contribution is 2.43. The number of aliphatic hydroxyl groups is 1. The van der Waals surface area contributed by atoms with Crippen molar-refractivity contribution in [1.82, 2.24) is 0 Å². The molecule has 16 heavy (non-hydrogen) atoms. The van der Waals surface area contributed by atoms with Gasteiger partial charge < -0.3 is 10.8 Å². The lowest BCUT2D eigenvalue weighted by molar-refractivity contribution is -0.0448. The van der Waals surface area contributed by atoms with Crippen LogP contribution in [-0.2, 0) is 0 Å². The first-order chi connectivity index (χ1) is 7.55. The quantitative estimate of drug-likeness (QED) is 0.758. The molecule has 0 bridgehead atoms. The van der Waals surface area contributed by atoms with E-state index in [0.717, 1.165) is 31.6 Å². The minimum absolute atomic E-state index is 0.00620. The topological polar surface area (TPSA) is 46.2 Å². The van der Waals surface area contributed by atoms with Gasteiger partial charge in [0.25, 0.3) is 0 Å². The first kappa shape index (κ1) is 14.0. The maximum Gasteiger partial charge on any atom is 0.0634 e. The Balaban J connectivity index is 2.70. The van der Waals surface area contributed by atoms with Gasteiger partial charge in [-0.25, -0.2) is 0 Å². The molecule has 0 amide bonds. The summed E-state index contributed by atoms with van der Waals surface area (Å²) in [4.78, 5) is 0. The molecule has 0 aliphatic heterocycles. The zero-order valence-corrected chi connectivity index (χ0v) is 11.2. The Hall–Kier alpha value is -0.0800. The Bertz CT molecular complexity index is 207. The molecule has 2 nitrogen and oxygen atoms in total. The van der Waals surface area contributed by atoms with Crippen LogP contribution >= 0.6 is 0 Å². The number of aliphatic hydroxyl groups excluding tert-OH is 1. The second-order valence-electron chi connectivity index (χ2n) is 5.98. The van der Waals surface area contributed by atoms with Crippen molar-refractivity contribution in [3.8, 4) is 0 Å². The summed E-state index contributed by atoms with van der Waals surface area (Å²) >= 11 is 0. The highest BCUT2D eigenvalue weighted by atomic mass is 16.3. The molecule has 0 aromatic heterocycles. The third-order valence-corrected chi connectivity index (χ3v) is 4.44. The highest BCUT2D eigenvalue weighted by Gasteiger charge is 2.41. The van der Waals surface area contributed by atoms with E-state index in [1.54, 1.807) is 0 Å². The summed E-state index contributed by atoms with van der Waals surface area (Å²) in [6.07, 6.45) is 6.80. The third-order valence-electron chi connectivity index (χ3n) is 4.44. The fourth-order valence-corrected chi connectivity index (χ4v) is 3.49. The van der Waals surface area contributed by atoms with Gasteiger partial charge in [0.05, 0.1) is 6.10 Å². The Labute approximate surface area is 101 Å². The minimum Gasteiger partial charge on any atom is -0.392 e. The smallest absolute Gasteiger partial charge is 0.0634 e. The van der Waals surface area contributed by atoms with Gasteiger partial charge in [-0.2, -0.15) is 0 Å². The van der Waals surface area contributed by atoms with Crippen molar-refractivity contribution >= 4 is 0 Å². The van der Waals surface area contributed by atoms with Crippen LogP contribution in [-0.4, -0.2) is 17.8 Å². The van der Waals surface area contributed by atoms with Crippen LogP contribution < -0.4 is 5.73 Å². The van der Waals surface area contributed by atoms with Crippen LogP contribution in [0, 0.1) is 17.3 Å². The van der Waals surface area contributed by atoms with E-state index in [4.69, 9.17) is 5.73 Å². The van der Waals surface area contributed by atoms with Crippen LogP contribution in [0.3, 0.4) is 0 Å². The van der Waals surface area contributed by atoms with Crippen molar-refractivity contribution in [3.63, 3.8) is 0 Å². The van der Waals surface area contributed by atoms with Crippen LogP contribution in [0.15, 0.2) is 0 Å². The van der Waals surface area contributed by atoms with E-state index in [0.29, 0.717) is 12.5 Å². The van der Waals surface area contributed by atoms with E-state index < -0.39 is 0 Å². The summed E-state index contributed by atoms with van der Waals surface area (Å²) in [6, 6.07) is 0. The molecule has 1 rings (SSSR count). The van der Waals surface area contributed by atoms with Crippen molar-refractivity contribution < 1.29 is 5.11 Å². The Kier molecular flexibility index (Phi) is 5.26. The minimum atomic E-state index is -0.208. The molecule has 0 radical (unpaired) electrons. The maximum atomic E-state index is 10.6. The Morgan fingerprint density at radius 2 is 2.19 bits per heavy atom. The molecular formula is C14H29NO. The van der Waals surface area contributed by atoms with Crippen molar-refractivity contribution in [3.05, 3.63) is 0 Å². The monoisotopic (exact) mass is 227 g/mol. The largest absolute Gasteiger partial charge is 0.392 e. The summed E-state index contributed by atoms with van der Waals surface area (Å²) in [5, 5.41) is 10.6. The Morgan fingerprint density at radius 1 is 1.50 bits per heavy atom. The van der Waals surface area contributed by atoms with Crippen LogP contribution in [0.2, 0.25) is 0 Å². The lowest BCUT2D eigenvalue weighted by Gasteiger charge is -2.45. The van der Waals surface area contributed by atoms with Crippen molar-refractivity contribution in [1.29, 1.82) is 0 Å². The number of hydrogen-bond acceptors (Lipinski definition) is 2. The number of hydrogen-bond donors (Lipinski definition) is 2. The van der Waals surface area contributed by atoms with Gasteiger partial charge in [-0.3, -0.25) is 0 Å². The second kappa shape index (κ2) is 6.02. The first-order valence-electron chi connectivity index (χ1n) is 6.94. The van der Waals surface area contributed by atoms with Gasteiger partial charge in [0, 0.05) is 12.0 Å². The molecule has 0 aromatic carbocycles. The van der Waals surface area contributed by atoms with Crippen LogP contribution in [0.5, 0.6) is 0 Å².